The maximum absolute atomic E-state index is 12.6. The van der Waals surface area contributed by atoms with E-state index in [2.05, 4.69) is 19.9 Å². The van der Waals surface area contributed by atoms with Gasteiger partial charge in [0.25, 0.3) is 0 Å². The predicted molar refractivity (Wildman–Crippen MR) is 174 cm³/mol. The van der Waals surface area contributed by atoms with Crippen LogP contribution in [0.25, 0.3) is 0 Å². The van der Waals surface area contributed by atoms with Crippen LogP contribution >= 0.6 is 0 Å². The van der Waals surface area contributed by atoms with Crippen LogP contribution in [0.1, 0.15) is 90.0 Å². The van der Waals surface area contributed by atoms with Crippen LogP contribution in [0, 0.1) is 28.6 Å². The molecule has 7 N–H and O–H groups in total. The van der Waals surface area contributed by atoms with Gasteiger partial charge < -0.3 is 54.4 Å². The average Bonchev–Trinajstić information content (AvgIpc) is 3.36. The van der Waals surface area contributed by atoms with Gasteiger partial charge in [-0.15, -0.1) is 0 Å². The number of fused-ring (bicyclic) bond motifs is 5. The zero-order chi connectivity index (χ0) is 35.0. The van der Waals surface area contributed by atoms with Crippen LogP contribution in [-0.4, -0.2) is 109 Å². The second kappa shape index (κ2) is 13.1. The van der Waals surface area contributed by atoms with E-state index < -0.39 is 73.2 Å². The molecule has 12 heteroatoms. The van der Waals surface area contributed by atoms with Gasteiger partial charge in [0.2, 0.25) is 0 Å². The van der Waals surface area contributed by atoms with Crippen LogP contribution in [-0.2, 0) is 14.2 Å². The minimum Gasteiger partial charge on any atom is -0.431 e. The molecule has 1 aromatic heterocycles. The fourth-order valence-corrected chi connectivity index (χ4v) is 11.2. The topological polar surface area (TPSA) is 200 Å². The molecular weight excluding hydrogens is 636 g/mol. The van der Waals surface area contributed by atoms with Crippen molar-refractivity contribution in [2.24, 2.45) is 28.6 Å². The molecule has 0 aromatic carbocycles. The third-order valence-electron chi connectivity index (χ3n) is 14.2. The van der Waals surface area contributed by atoms with Crippen molar-refractivity contribution in [1.29, 1.82) is 0 Å². The van der Waals surface area contributed by atoms with Crippen LogP contribution in [0.15, 0.2) is 39.3 Å². The number of hydrogen-bond donors (Lipinski definition) is 7. The van der Waals surface area contributed by atoms with E-state index >= 15 is 0 Å². The molecule has 3 saturated carbocycles. The highest BCUT2D eigenvalue weighted by Crippen LogP contribution is 2.70. The van der Waals surface area contributed by atoms with Crippen LogP contribution in [0.2, 0.25) is 0 Å². The fraction of sp³-hybridized carbons (Fsp3) is 0.811. The largest absolute Gasteiger partial charge is 0.431 e. The van der Waals surface area contributed by atoms with Crippen LogP contribution in [0.5, 0.6) is 0 Å². The molecule has 17 atom stereocenters. The van der Waals surface area contributed by atoms with Gasteiger partial charge in [0, 0.05) is 17.4 Å². The Morgan fingerprint density at radius 2 is 1.61 bits per heavy atom. The molecule has 1 aromatic rings. The third-order valence-corrected chi connectivity index (χ3v) is 14.2. The SMILES string of the molecule is CC1OC(OC2C=C3CCC4C(CCC5(C)C(c6ccc(=O)oc6)CCC45O)C3(C)CC2)C(O)C(CC2OC(CO)C(O)C(O)C2O)C1O. The number of hydrogen-bond acceptors (Lipinski definition) is 12. The Labute approximate surface area is 286 Å². The number of rotatable bonds is 6. The fourth-order valence-electron chi connectivity index (χ4n) is 11.2. The maximum Gasteiger partial charge on any atom is 0.335 e. The maximum atomic E-state index is 12.6. The highest BCUT2D eigenvalue weighted by Gasteiger charge is 2.66. The van der Waals surface area contributed by atoms with Gasteiger partial charge in [0.1, 0.15) is 30.5 Å². The first-order chi connectivity index (χ1) is 23.2. The van der Waals surface area contributed by atoms with Gasteiger partial charge in [-0.25, -0.2) is 4.79 Å². The zero-order valence-corrected chi connectivity index (χ0v) is 28.6. The first-order valence-corrected chi connectivity index (χ1v) is 18.2. The van der Waals surface area contributed by atoms with Crippen molar-refractivity contribution < 1.29 is 54.4 Å². The highest BCUT2D eigenvalue weighted by molar-refractivity contribution is 5.31. The first-order valence-electron chi connectivity index (χ1n) is 18.2. The van der Waals surface area contributed by atoms with Crippen molar-refractivity contribution in [1.82, 2.24) is 0 Å². The predicted octanol–water partition coefficient (Wildman–Crippen LogP) is 1.50. The summed E-state index contributed by atoms with van der Waals surface area (Å²) >= 11 is 0. The van der Waals surface area contributed by atoms with Crippen molar-refractivity contribution in [3.63, 3.8) is 0 Å². The summed E-state index contributed by atoms with van der Waals surface area (Å²) in [5, 5.41) is 75.6. The molecule has 49 heavy (non-hydrogen) atoms. The average molecular weight is 691 g/mol. The summed E-state index contributed by atoms with van der Waals surface area (Å²) in [5.74, 6) is -0.232. The molecule has 0 bridgehead atoms. The lowest BCUT2D eigenvalue weighted by atomic mass is 9.45. The quantitative estimate of drug-likeness (QED) is 0.213. The van der Waals surface area contributed by atoms with Gasteiger partial charge in [0.05, 0.1) is 42.9 Å². The van der Waals surface area contributed by atoms with Gasteiger partial charge in [-0.3, -0.25) is 0 Å². The van der Waals surface area contributed by atoms with E-state index in [1.54, 1.807) is 13.2 Å². The Kier molecular flexibility index (Phi) is 9.50. The summed E-state index contributed by atoms with van der Waals surface area (Å²) < 4.78 is 23.3. The molecule has 0 spiro atoms. The minimum absolute atomic E-state index is 0.0500. The minimum atomic E-state index is -1.55. The van der Waals surface area contributed by atoms with E-state index in [-0.39, 0.29) is 40.8 Å². The molecule has 274 valence electrons. The summed E-state index contributed by atoms with van der Waals surface area (Å²) in [4.78, 5) is 11.6. The van der Waals surface area contributed by atoms with Gasteiger partial charge in [-0.1, -0.05) is 25.5 Å². The molecule has 0 radical (unpaired) electrons. The number of allylic oxidation sites excluding steroid dienone is 1. The first kappa shape index (κ1) is 35.7. The van der Waals surface area contributed by atoms with E-state index in [9.17, 15) is 40.5 Å². The summed E-state index contributed by atoms with van der Waals surface area (Å²) in [5.41, 5.74) is 0.710. The lowest BCUT2D eigenvalue weighted by Crippen LogP contribution is -2.61. The standard InChI is InChI=1S/C37H54O12/c1-18-29(40)22(15-26-31(42)33(44)32(43)27(16-38)49-26)30(41)34(47-18)48-21-8-11-35(2)20(14-21)5-6-25-24(35)9-12-36(3)23(10-13-37(25,36)45)19-4-7-28(39)46-17-19/h4,7,14,17-18,21-27,29-34,38,40-45H,5-6,8-13,15-16H2,1-3H3. The smallest absolute Gasteiger partial charge is 0.335 e. The molecule has 6 aliphatic rings. The molecule has 0 amide bonds. The second-order valence-corrected chi connectivity index (χ2v) is 16.4. The van der Waals surface area contributed by atoms with Crippen LogP contribution < -0.4 is 5.63 Å². The second-order valence-electron chi connectivity index (χ2n) is 16.4. The Morgan fingerprint density at radius 3 is 2.33 bits per heavy atom. The molecule has 3 heterocycles. The zero-order valence-electron chi connectivity index (χ0n) is 28.6. The van der Waals surface area contributed by atoms with Gasteiger partial charge in [0.15, 0.2) is 6.29 Å². The highest BCUT2D eigenvalue weighted by atomic mass is 16.7. The molecule has 4 aliphatic carbocycles. The molecule has 7 rings (SSSR count). The van der Waals surface area contributed by atoms with Crippen molar-refractivity contribution in [3.05, 3.63) is 46.0 Å². The van der Waals surface area contributed by atoms with E-state index in [0.717, 1.165) is 50.5 Å². The number of ether oxygens (including phenoxy) is 3. The summed E-state index contributed by atoms with van der Waals surface area (Å²) in [6.45, 7) is 5.68. The normalized spacial score (nSPS) is 51.3. The van der Waals surface area contributed by atoms with E-state index in [0.29, 0.717) is 12.3 Å². The Morgan fingerprint density at radius 1 is 0.857 bits per heavy atom. The van der Waals surface area contributed by atoms with Crippen molar-refractivity contribution in [2.45, 2.75) is 151 Å². The van der Waals surface area contributed by atoms with E-state index in [1.807, 2.05) is 6.07 Å². The summed E-state index contributed by atoms with van der Waals surface area (Å²) in [6.07, 6.45) is -0.650. The molecular formula is C37H54O12. The molecule has 12 nitrogen and oxygen atoms in total. The van der Waals surface area contributed by atoms with Crippen molar-refractivity contribution in [3.8, 4) is 0 Å². The Hall–Kier alpha value is -1.71. The third kappa shape index (κ3) is 5.69. The molecule has 2 aliphatic heterocycles. The number of aliphatic hydroxyl groups excluding tert-OH is 6. The Balaban J connectivity index is 1.05. The van der Waals surface area contributed by atoms with Crippen molar-refractivity contribution >= 4 is 0 Å². The Bertz CT molecular complexity index is 1430. The van der Waals surface area contributed by atoms with Crippen LogP contribution in [0.4, 0.5) is 0 Å². The van der Waals surface area contributed by atoms with Gasteiger partial charge >= 0.3 is 5.63 Å². The molecule has 17 unspecified atom stereocenters. The number of aliphatic hydroxyl groups is 7. The molecule has 5 fully saturated rings. The lowest BCUT2D eigenvalue weighted by Gasteiger charge is -2.62. The van der Waals surface area contributed by atoms with Crippen molar-refractivity contribution in [2.75, 3.05) is 6.61 Å². The summed E-state index contributed by atoms with van der Waals surface area (Å²) in [7, 11) is 0. The monoisotopic (exact) mass is 690 g/mol. The van der Waals surface area contributed by atoms with Crippen LogP contribution in [0.3, 0.4) is 0 Å². The van der Waals surface area contributed by atoms with Gasteiger partial charge in [-0.2, -0.15) is 0 Å². The lowest BCUT2D eigenvalue weighted by molar-refractivity contribution is -0.299. The van der Waals surface area contributed by atoms with E-state index in [1.165, 1.54) is 11.6 Å². The molecule has 2 saturated heterocycles. The van der Waals surface area contributed by atoms with Gasteiger partial charge in [-0.05, 0) is 99.5 Å². The van der Waals surface area contributed by atoms with E-state index in [4.69, 9.17) is 18.6 Å². The summed E-state index contributed by atoms with van der Waals surface area (Å²) in [6, 6.07) is 3.33.